The number of nitrogens with zero attached hydrogens (tertiary/aromatic N) is 3. The number of hydrogen-bond donors (Lipinski definition) is 2. The molecule has 2 bridgehead atoms. The van der Waals surface area contributed by atoms with Gasteiger partial charge in [0, 0.05) is 39.8 Å². The van der Waals surface area contributed by atoms with Crippen LogP contribution >= 0.6 is 0 Å². The molecule has 3 saturated heterocycles. The summed E-state index contributed by atoms with van der Waals surface area (Å²) in [6, 6.07) is 7.46. The highest BCUT2D eigenvalue weighted by Gasteiger charge is 2.41. The topological polar surface area (TPSA) is 52.1 Å². The van der Waals surface area contributed by atoms with Gasteiger partial charge in [0.25, 0.3) is 0 Å². The fraction of sp³-hybridized carbons (Fsp3) is 0.667. The van der Waals surface area contributed by atoms with Gasteiger partial charge in [0.05, 0.1) is 23.9 Å². The Morgan fingerprint density at radius 3 is 2.71 bits per heavy atom. The van der Waals surface area contributed by atoms with Crippen molar-refractivity contribution in [2.75, 3.05) is 51.2 Å². The zero-order chi connectivity index (χ0) is 19.3. The van der Waals surface area contributed by atoms with E-state index in [4.69, 9.17) is 4.74 Å². The van der Waals surface area contributed by atoms with Crippen molar-refractivity contribution in [2.24, 2.45) is 4.99 Å². The van der Waals surface area contributed by atoms with Crippen LogP contribution in [-0.4, -0.2) is 75.4 Å². The number of aliphatic imine (C=N–C) groups is 1. The van der Waals surface area contributed by atoms with Gasteiger partial charge < -0.3 is 20.3 Å². The van der Waals surface area contributed by atoms with E-state index in [1.54, 1.807) is 6.07 Å². The van der Waals surface area contributed by atoms with E-state index in [1.165, 1.54) is 12.5 Å². The minimum atomic E-state index is -0.125. The third kappa shape index (κ3) is 4.58. The Morgan fingerprint density at radius 1 is 1.21 bits per heavy atom. The number of rotatable bonds is 6. The Bertz CT molecular complexity index is 677. The molecule has 1 aromatic rings. The highest BCUT2D eigenvalue weighted by atomic mass is 19.1. The first kappa shape index (κ1) is 19.5. The zero-order valence-corrected chi connectivity index (χ0v) is 16.7. The van der Waals surface area contributed by atoms with E-state index in [0.29, 0.717) is 18.2 Å². The van der Waals surface area contributed by atoms with Gasteiger partial charge in [0.1, 0.15) is 5.82 Å². The van der Waals surface area contributed by atoms with Crippen molar-refractivity contribution < 1.29 is 9.13 Å². The maximum atomic E-state index is 13.9. The average Bonchev–Trinajstić information content (AvgIpc) is 3.34. The number of halogens is 1. The van der Waals surface area contributed by atoms with Crippen LogP contribution in [0.1, 0.15) is 25.7 Å². The van der Waals surface area contributed by atoms with E-state index in [2.05, 4.69) is 25.4 Å². The van der Waals surface area contributed by atoms with Crippen LogP contribution in [0.5, 0.6) is 0 Å². The quantitative estimate of drug-likeness (QED) is 0.442. The van der Waals surface area contributed by atoms with Gasteiger partial charge in [-0.25, -0.2) is 4.39 Å². The fourth-order valence-corrected chi connectivity index (χ4v) is 4.59. The minimum absolute atomic E-state index is 0.125. The van der Waals surface area contributed by atoms with Crippen LogP contribution in [0.2, 0.25) is 0 Å². The molecule has 7 heteroatoms. The number of fused-ring (bicyclic) bond motifs is 2. The Balaban J connectivity index is 1.13. The Kier molecular flexibility index (Phi) is 6.32. The van der Waals surface area contributed by atoms with Crippen LogP contribution in [0.4, 0.5) is 10.1 Å². The Morgan fingerprint density at radius 2 is 2.04 bits per heavy atom. The molecular formula is C21H32FN5O. The summed E-state index contributed by atoms with van der Waals surface area (Å²) < 4.78 is 19.8. The van der Waals surface area contributed by atoms with Crippen molar-refractivity contribution in [3.63, 3.8) is 0 Å². The van der Waals surface area contributed by atoms with Crippen LogP contribution in [0.15, 0.2) is 29.3 Å². The lowest BCUT2D eigenvalue weighted by Crippen LogP contribution is -2.49. The first-order valence-electron chi connectivity index (χ1n) is 10.6. The maximum absolute atomic E-state index is 13.9. The molecule has 0 amide bonds. The predicted octanol–water partition coefficient (Wildman–Crippen LogP) is 1.82. The summed E-state index contributed by atoms with van der Waals surface area (Å²) in [5, 5.41) is 6.96. The van der Waals surface area contributed by atoms with Gasteiger partial charge in [-0.2, -0.15) is 0 Å². The minimum Gasteiger partial charge on any atom is -0.373 e. The van der Waals surface area contributed by atoms with Gasteiger partial charge in [-0.15, -0.1) is 0 Å². The van der Waals surface area contributed by atoms with Gasteiger partial charge in [0.2, 0.25) is 0 Å². The summed E-state index contributed by atoms with van der Waals surface area (Å²) in [5.41, 5.74) is 0.725. The zero-order valence-electron chi connectivity index (χ0n) is 16.7. The van der Waals surface area contributed by atoms with Crippen LogP contribution in [0, 0.1) is 5.82 Å². The molecule has 3 aliphatic rings. The number of nitrogens with one attached hydrogen (secondary N) is 2. The molecule has 1 aromatic carbocycles. The second kappa shape index (κ2) is 9.09. The van der Waals surface area contributed by atoms with E-state index < -0.39 is 0 Å². The number of benzene rings is 1. The number of hydrogen-bond acceptors (Lipinski definition) is 4. The standard InChI is InChI=1S/C21H32FN5O/c1-23-21(25-18-15-16-7-8-20(18)28-16)24-9-4-10-26-11-13-27(14-12-26)19-6-3-2-5-17(19)22/h2-3,5-6,16,18,20H,4,7-15H2,1H3,(H2,23,24,25). The lowest BCUT2D eigenvalue weighted by atomic mass is 9.96. The van der Waals surface area contributed by atoms with Crippen molar-refractivity contribution in [1.82, 2.24) is 15.5 Å². The number of piperazine rings is 1. The number of anilines is 1. The van der Waals surface area contributed by atoms with Crippen LogP contribution in [-0.2, 0) is 4.74 Å². The normalized spacial score (nSPS) is 28.0. The van der Waals surface area contributed by atoms with Crippen molar-refractivity contribution in [3.8, 4) is 0 Å². The highest BCUT2D eigenvalue weighted by molar-refractivity contribution is 5.80. The summed E-state index contributed by atoms with van der Waals surface area (Å²) in [4.78, 5) is 8.96. The van der Waals surface area contributed by atoms with Crippen molar-refractivity contribution in [1.29, 1.82) is 0 Å². The summed E-state index contributed by atoms with van der Waals surface area (Å²) in [5.74, 6) is 0.755. The van der Waals surface area contributed by atoms with E-state index in [-0.39, 0.29) is 5.82 Å². The molecule has 2 N–H and O–H groups in total. The summed E-state index contributed by atoms with van der Waals surface area (Å²) in [6.45, 7) is 5.65. The highest BCUT2D eigenvalue weighted by Crippen LogP contribution is 2.34. The molecule has 3 unspecified atom stereocenters. The molecule has 0 spiro atoms. The monoisotopic (exact) mass is 389 g/mol. The second-order valence-corrected chi connectivity index (χ2v) is 7.99. The average molecular weight is 390 g/mol. The van der Waals surface area contributed by atoms with E-state index in [9.17, 15) is 4.39 Å². The van der Waals surface area contributed by atoms with E-state index >= 15 is 0 Å². The van der Waals surface area contributed by atoms with Gasteiger partial charge in [-0.05, 0) is 44.4 Å². The van der Waals surface area contributed by atoms with Crippen LogP contribution < -0.4 is 15.5 Å². The number of guanidine groups is 1. The van der Waals surface area contributed by atoms with E-state index in [1.807, 2.05) is 19.2 Å². The predicted molar refractivity (Wildman–Crippen MR) is 110 cm³/mol. The third-order valence-electron chi connectivity index (χ3n) is 6.16. The molecule has 3 heterocycles. The Hall–Kier alpha value is -1.86. The Labute approximate surface area is 167 Å². The lowest BCUT2D eigenvalue weighted by Gasteiger charge is -2.36. The molecule has 154 valence electrons. The molecule has 3 fully saturated rings. The molecule has 3 atom stereocenters. The summed E-state index contributed by atoms with van der Waals surface area (Å²) in [6.07, 6.45) is 5.33. The van der Waals surface area contributed by atoms with Crippen molar-refractivity contribution in [2.45, 2.75) is 43.9 Å². The van der Waals surface area contributed by atoms with Gasteiger partial charge in [-0.1, -0.05) is 12.1 Å². The molecule has 4 rings (SSSR count). The molecule has 0 aromatic heterocycles. The smallest absolute Gasteiger partial charge is 0.191 e. The second-order valence-electron chi connectivity index (χ2n) is 7.99. The largest absolute Gasteiger partial charge is 0.373 e. The number of para-hydroxylation sites is 1. The third-order valence-corrected chi connectivity index (χ3v) is 6.16. The lowest BCUT2D eigenvalue weighted by molar-refractivity contribution is 0.0992. The van der Waals surface area contributed by atoms with Gasteiger partial charge in [-0.3, -0.25) is 9.89 Å². The van der Waals surface area contributed by atoms with Gasteiger partial charge >= 0.3 is 0 Å². The molecule has 28 heavy (non-hydrogen) atoms. The summed E-state index contributed by atoms with van der Waals surface area (Å²) >= 11 is 0. The van der Waals surface area contributed by atoms with E-state index in [0.717, 1.165) is 70.2 Å². The van der Waals surface area contributed by atoms with Crippen LogP contribution in [0.25, 0.3) is 0 Å². The fourth-order valence-electron chi connectivity index (χ4n) is 4.59. The van der Waals surface area contributed by atoms with Crippen molar-refractivity contribution in [3.05, 3.63) is 30.1 Å². The van der Waals surface area contributed by atoms with Gasteiger partial charge in [0.15, 0.2) is 5.96 Å². The molecular weight excluding hydrogens is 357 g/mol. The van der Waals surface area contributed by atoms with Crippen molar-refractivity contribution >= 4 is 11.6 Å². The molecule has 3 aliphatic heterocycles. The number of ether oxygens (including phenoxy) is 1. The molecule has 0 aliphatic carbocycles. The van der Waals surface area contributed by atoms with Crippen LogP contribution in [0.3, 0.4) is 0 Å². The summed E-state index contributed by atoms with van der Waals surface area (Å²) in [7, 11) is 1.82. The maximum Gasteiger partial charge on any atom is 0.191 e. The first-order chi connectivity index (χ1) is 13.7. The molecule has 0 radical (unpaired) electrons. The molecule has 0 saturated carbocycles. The SMILES string of the molecule is CN=C(NCCCN1CCN(c2ccccc2F)CC1)NC1CC2CCC1O2. The molecule has 6 nitrogen and oxygen atoms in total. The first-order valence-corrected chi connectivity index (χ1v) is 10.6.